The van der Waals surface area contributed by atoms with E-state index in [2.05, 4.69) is 15.2 Å². The second-order valence-corrected chi connectivity index (χ2v) is 12.4. The number of hydrogen-bond acceptors (Lipinski definition) is 6. The number of piperidine rings is 1. The number of aryl methyl sites for hydroxylation is 1. The molecular formula is C26H27ClN4O4S. The van der Waals surface area contributed by atoms with Crippen LogP contribution in [0.5, 0.6) is 0 Å². The van der Waals surface area contributed by atoms with Gasteiger partial charge < -0.3 is 10.2 Å². The van der Waals surface area contributed by atoms with E-state index >= 15 is 0 Å². The lowest BCUT2D eigenvalue weighted by Crippen LogP contribution is -2.55. The topological polar surface area (TPSA) is 99.7 Å². The molecule has 2 aliphatic rings. The number of halogens is 1. The van der Waals surface area contributed by atoms with Crippen molar-refractivity contribution in [1.82, 2.24) is 15.2 Å². The number of aromatic nitrogens is 1. The number of benzene rings is 2. The van der Waals surface area contributed by atoms with Crippen LogP contribution in [-0.4, -0.2) is 60.7 Å². The third-order valence-electron chi connectivity index (χ3n) is 7.18. The molecule has 5 rings (SSSR count). The number of nitrogens with one attached hydrogen (secondary N) is 1. The highest BCUT2D eigenvalue weighted by atomic mass is 35.5. The highest BCUT2D eigenvalue weighted by Crippen LogP contribution is 2.33. The Morgan fingerprint density at radius 2 is 1.75 bits per heavy atom. The van der Waals surface area contributed by atoms with E-state index < -0.39 is 26.7 Å². The van der Waals surface area contributed by atoms with Crippen LogP contribution in [0.25, 0.3) is 10.8 Å². The number of carbonyl (C=O) groups excluding carboxylic acids is 2. The SMILES string of the molecule is Cc1cc(N2CCC3(CC2)NC(=O)N(CC(C)S(=O)(=O)c2ccc4cc(Cl)ccc4c2)C3=O)ccn1. The van der Waals surface area contributed by atoms with Crippen LogP contribution < -0.4 is 10.2 Å². The van der Waals surface area contributed by atoms with Gasteiger partial charge in [-0.15, -0.1) is 0 Å². The molecule has 2 aromatic carbocycles. The van der Waals surface area contributed by atoms with Gasteiger partial charge in [0.1, 0.15) is 5.54 Å². The standard InChI is InChI=1S/C26H27ClN4O4S/c1-17-13-22(7-10-28-17)30-11-8-26(9-12-30)24(32)31(25(33)29-26)16-18(2)36(34,35)23-6-4-19-14-21(27)5-3-20(19)15-23/h3-7,10,13-15,18H,8-9,11-12,16H2,1-2H3,(H,29,33). The Kier molecular flexibility index (Phi) is 6.16. The molecule has 3 heterocycles. The molecule has 0 saturated carbocycles. The minimum Gasteiger partial charge on any atom is -0.371 e. The molecule has 3 amide bonds. The lowest BCUT2D eigenvalue weighted by atomic mass is 9.87. The molecular weight excluding hydrogens is 500 g/mol. The van der Waals surface area contributed by atoms with Gasteiger partial charge in [0, 0.05) is 42.2 Å². The number of hydrogen-bond donors (Lipinski definition) is 1. The van der Waals surface area contributed by atoms with Crippen molar-refractivity contribution < 1.29 is 18.0 Å². The molecule has 1 spiro atoms. The molecule has 2 aliphatic heterocycles. The Bertz CT molecular complexity index is 1470. The number of amides is 3. The van der Waals surface area contributed by atoms with Gasteiger partial charge in [-0.05, 0) is 73.9 Å². The average Bonchev–Trinajstić information content (AvgIpc) is 3.07. The van der Waals surface area contributed by atoms with Crippen molar-refractivity contribution in [3.63, 3.8) is 0 Å². The summed E-state index contributed by atoms with van der Waals surface area (Å²) in [4.78, 5) is 33.8. The molecule has 1 unspecified atom stereocenters. The number of imide groups is 1. The number of pyridine rings is 1. The zero-order valence-corrected chi connectivity index (χ0v) is 21.6. The van der Waals surface area contributed by atoms with Gasteiger partial charge in [-0.2, -0.15) is 0 Å². The quantitative estimate of drug-likeness (QED) is 0.505. The molecule has 1 atom stereocenters. The summed E-state index contributed by atoms with van der Waals surface area (Å²) in [5, 5.41) is 4.05. The van der Waals surface area contributed by atoms with Crippen LogP contribution in [-0.2, 0) is 14.6 Å². The van der Waals surface area contributed by atoms with Crippen molar-refractivity contribution in [2.45, 2.75) is 42.4 Å². The van der Waals surface area contributed by atoms with Crippen molar-refractivity contribution in [3.8, 4) is 0 Å². The lowest BCUT2D eigenvalue weighted by molar-refractivity contribution is -0.132. The fraction of sp³-hybridized carbons (Fsp3) is 0.346. The molecule has 1 aromatic heterocycles. The maximum Gasteiger partial charge on any atom is 0.325 e. The number of sulfone groups is 1. The Hall–Kier alpha value is -3.17. The van der Waals surface area contributed by atoms with Crippen molar-refractivity contribution in [2.24, 2.45) is 0 Å². The van der Waals surface area contributed by atoms with E-state index in [0.717, 1.165) is 27.1 Å². The highest BCUT2D eigenvalue weighted by molar-refractivity contribution is 7.92. The number of carbonyl (C=O) groups is 2. The normalized spacial score (nSPS) is 18.6. The minimum atomic E-state index is -3.79. The summed E-state index contributed by atoms with van der Waals surface area (Å²) < 4.78 is 26.7. The van der Waals surface area contributed by atoms with E-state index in [4.69, 9.17) is 11.6 Å². The van der Waals surface area contributed by atoms with Gasteiger partial charge in [0.25, 0.3) is 5.91 Å². The predicted octanol–water partition coefficient (Wildman–Crippen LogP) is 3.95. The number of fused-ring (bicyclic) bond motifs is 1. The summed E-state index contributed by atoms with van der Waals surface area (Å²) in [6.45, 7) is 4.44. The zero-order chi connectivity index (χ0) is 25.7. The van der Waals surface area contributed by atoms with Crippen molar-refractivity contribution >= 4 is 49.8 Å². The molecule has 1 N–H and O–H groups in total. The van der Waals surface area contributed by atoms with E-state index in [1.54, 1.807) is 36.5 Å². The zero-order valence-electron chi connectivity index (χ0n) is 20.1. The van der Waals surface area contributed by atoms with Crippen LogP contribution in [0, 0.1) is 6.92 Å². The third-order valence-corrected chi connectivity index (χ3v) is 9.53. The molecule has 8 nitrogen and oxygen atoms in total. The number of urea groups is 1. The minimum absolute atomic E-state index is 0.146. The molecule has 0 radical (unpaired) electrons. The maximum atomic E-state index is 13.4. The second kappa shape index (κ2) is 9.05. The summed E-state index contributed by atoms with van der Waals surface area (Å²) in [5.41, 5.74) is 0.944. The van der Waals surface area contributed by atoms with Crippen molar-refractivity contribution in [2.75, 3.05) is 24.5 Å². The highest BCUT2D eigenvalue weighted by Gasteiger charge is 2.53. The van der Waals surface area contributed by atoms with Crippen molar-refractivity contribution in [1.29, 1.82) is 0 Å². The number of nitrogens with zero attached hydrogens (tertiary/aromatic N) is 3. The molecule has 10 heteroatoms. The average molecular weight is 527 g/mol. The smallest absolute Gasteiger partial charge is 0.325 e. The molecule has 0 aliphatic carbocycles. The molecule has 2 fully saturated rings. The fourth-order valence-corrected chi connectivity index (χ4v) is 6.55. The van der Waals surface area contributed by atoms with Gasteiger partial charge in [0.2, 0.25) is 0 Å². The van der Waals surface area contributed by atoms with Crippen LogP contribution in [0.3, 0.4) is 0 Å². The number of rotatable bonds is 5. The third kappa shape index (κ3) is 4.30. The molecule has 36 heavy (non-hydrogen) atoms. The fourth-order valence-electron chi connectivity index (χ4n) is 5.01. The first-order chi connectivity index (χ1) is 17.1. The maximum absolute atomic E-state index is 13.4. The molecule has 2 saturated heterocycles. The van der Waals surface area contributed by atoms with Gasteiger partial charge in [0.15, 0.2) is 9.84 Å². The monoisotopic (exact) mass is 526 g/mol. The first kappa shape index (κ1) is 24.5. The van der Waals surface area contributed by atoms with Gasteiger partial charge in [-0.25, -0.2) is 13.2 Å². The molecule has 188 valence electrons. The van der Waals surface area contributed by atoms with Crippen LogP contribution in [0.1, 0.15) is 25.5 Å². The predicted molar refractivity (Wildman–Crippen MR) is 139 cm³/mol. The van der Waals surface area contributed by atoms with Gasteiger partial charge in [-0.1, -0.05) is 23.7 Å². The summed E-state index contributed by atoms with van der Waals surface area (Å²) >= 11 is 6.03. The Labute approximate surface area is 215 Å². The number of anilines is 1. The largest absolute Gasteiger partial charge is 0.371 e. The van der Waals surface area contributed by atoms with E-state index in [0.29, 0.717) is 31.0 Å². The van der Waals surface area contributed by atoms with Crippen LogP contribution in [0.2, 0.25) is 5.02 Å². The van der Waals surface area contributed by atoms with Gasteiger partial charge >= 0.3 is 6.03 Å². The Morgan fingerprint density at radius 1 is 1.06 bits per heavy atom. The summed E-state index contributed by atoms with van der Waals surface area (Å²) in [6, 6.07) is 13.5. The summed E-state index contributed by atoms with van der Waals surface area (Å²) in [5.74, 6) is -0.353. The van der Waals surface area contributed by atoms with Crippen LogP contribution in [0.15, 0.2) is 59.6 Å². The lowest BCUT2D eigenvalue weighted by Gasteiger charge is -2.38. The summed E-state index contributed by atoms with van der Waals surface area (Å²) in [6.07, 6.45) is 2.65. The van der Waals surface area contributed by atoms with Crippen molar-refractivity contribution in [3.05, 3.63) is 65.4 Å². The van der Waals surface area contributed by atoms with Crippen LogP contribution in [0.4, 0.5) is 10.5 Å². The van der Waals surface area contributed by atoms with E-state index in [9.17, 15) is 18.0 Å². The van der Waals surface area contributed by atoms with Gasteiger partial charge in [-0.3, -0.25) is 14.7 Å². The van der Waals surface area contributed by atoms with E-state index in [-0.39, 0.29) is 17.3 Å². The Balaban J connectivity index is 1.30. The first-order valence-electron chi connectivity index (χ1n) is 11.8. The summed E-state index contributed by atoms with van der Waals surface area (Å²) in [7, 11) is -3.79. The van der Waals surface area contributed by atoms with E-state index in [1.165, 1.54) is 13.0 Å². The molecule has 3 aromatic rings. The van der Waals surface area contributed by atoms with Gasteiger partial charge in [0.05, 0.1) is 10.1 Å². The van der Waals surface area contributed by atoms with E-state index in [1.807, 2.05) is 19.1 Å². The Morgan fingerprint density at radius 3 is 2.47 bits per heavy atom. The molecule has 0 bridgehead atoms. The van der Waals surface area contributed by atoms with Crippen LogP contribution >= 0.6 is 11.6 Å². The second-order valence-electron chi connectivity index (χ2n) is 9.58. The first-order valence-corrected chi connectivity index (χ1v) is 13.8.